The first-order valence-corrected chi connectivity index (χ1v) is 13.9. The summed E-state index contributed by atoms with van der Waals surface area (Å²) >= 11 is 0. The van der Waals surface area contributed by atoms with E-state index in [0.29, 0.717) is 0 Å². The molecule has 0 saturated carbocycles. The van der Waals surface area contributed by atoms with Gasteiger partial charge < -0.3 is 24.8 Å². The third-order valence-corrected chi connectivity index (χ3v) is 7.65. The number of ether oxygens (including phenoxy) is 2. The van der Waals surface area contributed by atoms with Crippen LogP contribution in [0.1, 0.15) is 27.0 Å². The maximum atomic E-state index is 16.0. The first kappa shape index (κ1) is 30.2. The molecule has 2 unspecified atom stereocenters. The summed E-state index contributed by atoms with van der Waals surface area (Å²) in [6.45, 7) is 3.85. The van der Waals surface area contributed by atoms with Crippen LogP contribution in [-0.2, 0) is 23.4 Å². The maximum absolute atomic E-state index is 16.0. The van der Waals surface area contributed by atoms with Crippen LogP contribution < -0.4 is 20.9 Å². The van der Waals surface area contributed by atoms with E-state index in [1.54, 1.807) is 32.0 Å². The van der Waals surface area contributed by atoms with Crippen LogP contribution in [0.15, 0.2) is 41.3 Å². The minimum Gasteiger partial charge on any atom is -0.462 e. The molecular weight excluding hydrogens is 567 g/mol. The Balaban J connectivity index is 1.62. The number of terminal acetylenes is 1. The monoisotopic (exact) mass is 595 g/mol. The smallest absolute Gasteiger partial charge is 0.459 e. The molecule has 1 aliphatic heterocycles. The number of nitrogens with two attached hydrogens (primary N) is 1. The predicted molar refractivity (Wildman–Crippen MR) is 142 cm³/mol. The molecule has 4 rings (SSSR count). The van der Waals surface area contributed by atoms with Crippen molar-refractivity contribution in [2.24, 2.45) is 0 Å². The molecule has 1 aliphatic rings. The Morgan fingerprint density at radius 1 is 1.39 bits per heavy atom. The van der Waals surface area contributed by atoms with Crippen LogP contribution in [0.2, 0.25) is 0 Å². The number of fused-ring (bicyclic) bond motifs is 1. The molecule has 5 N–H and O–H groups in total. The number of nitrogens with zero attached hydrogens (tertiary/aromatic N) is 2. The van der Waals surface area contributed by atoms with Gasteiger partial charge in [-0.25, -0.2) is 13.3 Å². The molecule has 220 valence electrons. The molecule has 13 nitrogen and oxygen atoms in total. The fraction of sp³-hybridized carbons (Fsp3) is 0.400. The van der Waals surface area contributed by atoms with Crippen LogP contribution in [-0.4, -0.2) is 62.2 Å². The van der Waals surface area contributed by atoms with Crippen molar-refractivity contribution in [3.8, 4) is 18.1 Å². The van der Waals surface area contributed by atoms with Crippen LogP contribution in [0.3, 0.4) is 0 Å². The number of carbonyl (C=O) groups excluding carboxylic acids is 1. The third kappa shape index (κ3) is 6.12. The average molecular weight is 595 g/mol. The number of hydrogen-bond acceptors (Lipinski definition) is 10. The summed E-state index contributed by atoms with van der Waals surface area (Å²) < 4.78 is 67.0. The molecule has 41 heavy (non-hydrogen) atoms. The minimum absolute atomic E-state index is 0.102. The number of H-pyrrole nitrogens is 1. The Morgan fingerprint density at radius 2 is 2.07 bits per heavy atom. The highest BCUT2D eigenvalue weighted by molar-refractivity contribution is 7.52. The van der Waals surface area contributed by atoms with Crippen molar-refractivity contribution in [3.63, 3.8) is 0 Å². The number of hydrogen-bond donors (Lipinski definition) is 4. The van der Waals surface area contributed by atoms with Crippen LogP contribution in [0.5, 0.6) is 5.75 Å². The Morgan fingerprint density at radius 3 is 2.71 bits per heavy atom. The topological polar surface area (TPSA) is 180 Å². The lowest BCUT2D eigenvalue weighted by atomic mass is 9.97. The zero-order valence-electron chi connectivity index (χ0n) is 22.1. The largest absolute Gasteiger partial charge is 0.462 e. The highest BCUT2D eigenvalue weighted by atomic mass is 31.2. The first-order valence-electron chi connectivity index (χ1n) is 12.3. The number of aliphatic hydroxyl groups is 1. The minimum atomic E-state index is -4.42. The quantitative estimate of drug-likeness (QED) is 0.153. The molecule has 3 heterocycles. The van der Waals surface area contributed by atoms with Gasteiger partial charge in [-0.2, -0.15) is 10.1 Å². The zero-order valence-corrected chi connectivity index (χ0v) is 23.0. The van der Waals surface area contributed by atoms with E-state index in [1.165, 1.54) is 19.1 Å². The van der Waals surface area contributed by atoms with Crippen molar-refractivity contribution < 1.29 is 41.8 Å². The average Bonchev–Trinajstić information content (AvgIpc) is 3.36. The molecule has 2 aromatic heterocycles. The number of aromatic nitrogens is 3. The van der Waals surface area contributed by atoms with Gasteiger partial charge in [0, 0.05) is 6.20 Å². The fourth-order valence-electron chi connectivity index (χ4n) is 4.12. The summed E-state index contributed by atoms with van der Waals surface area (Å²) in [4.78, 5) is 30.5. The predicted octanol–water partition coefficient (Wildman–Crippen LogP) is 2.18. The first-order chi connectivity index (χ1) is 19.3. The summed E-state index contributed by atoms with van der Waals surface area (Å²) in [6.07, 6.45) is 0.0953. The molecule has 3 aromatic rings. The van der Waals surface area contributed by atoms with Gasteiger partial charge >= 0.3 is 13.7 Å². The van der Waals surface area contributed by atoms with Crippen molar-refractivity contribution in [2.45, 2.75) is 57.0 Å². The fourth-order valence-corrected chi connectivity index (χ4v) is 5.63. The van der Waals surface area contributed by atoms with Crippen molar-refractivity contribution in [2.75, 3.05) is 12.3 Å². The van der Waals surface area contributed by atoms with E-state index >= 15 is 4.39 Å². The number of para-hydroxylation sites is 1. The van der Waals surface area contributed by atoms with Gasteiger partial charge in [0.1, 0.15) is 29.4 Å². The number of aromatic amines is 1. The van der Waals surface area contributed by atoms with Crippen LogP contribution >= 0.6 is 7.75 Å². The van der Waals surface area contributed by atoms with Gasteiger partial charge in [0.25, 0.3) is 5.56 Å². The number of nitrogen functional groups attached to an aromatic ring is 1. The molecule has 0 amide bonds. The SMILES string of the molecule is C#CC1(F)[C@@H](O)[C@@H](COP(=O)(N[C@@H](C)C(=O)OC(C)C)Oc2ccccc2)O[C@H]1n1cc(F)c2c(=O)[nH]c(N)nc21. The van der Waals surface area contributed by atoms with Gasteiger partial charge in [0.2, 0.25) is 11.6 Å². The van der Waals surface area contributed by atoms with Crippen LogP contribution in [0, 0.1) is 18.2 Å². The summed E-state index contributed by atoms with van der Waals surface area (Å²) in [5.41, 5.74) is 1.26. The van der Waals surface area contributed by atoms with Gasteiger partial charge in [-0.3, -0.25) is 23.7 Å². The number of alkyl halides is 1. The Labute approximate surface area is 232 Å². The second kappa shape index (κ2) is 11.6. The third-order valence-electron chi connectivity index (χ3n) is 6.01. The van der Waals surface area contributed by atoms with E-state index in [1.807, 2.05) is 5.92 Å². The zero-order chi connectivity index (χ0) is 30.1. The van der Waals surface area contributed by atoms with Crippen LogP contribution in [0.25, 0.3) is 11.0 Å². The Hall–Kier alpha value is -3.80. The van der Waals surface area contributed by atoms with Gasteiger partial charge in [0.05, 0.1) is 12.7 Å². The lowest BCUT2D eigenvalue weighted by molar-refractivity contribution is -0.149. The van der Waals surface area contributed by atoms with E-state index in [2.05, 4.69) is 15.1 Å². The molecule has 1 aromatic carbocycles. The standard InChI is InChI=1S/C25H28F2N5O8P/c1-5-25(27)19(33)17(39-23(25)32-11-16(26)18-20(32)29-24(28)30-21(18)34)12-37-41(36,40-15-9-7-6-8-10-15)31-14(4)22(35)38-13(2)3/h1,6-11,13-14,17,19,23,33H,12H2,2-4H3,(H,31,36)(H3,28,29,30,34)/t14-,17+,19-,23+,25?,41?/m0/s1. The van der Waals surface area contributed by atoms with Gasteiger partial charge in [-0.1, -0.05) is 24.1 Å². The molecule has 1 fully saturated rings. The molecule has 6 atom stereocenters. The number of aliphatic hydroxyl groups excluding tert-OH is 1. The Kier molecular flexibility index (Phi) is 8.53. The maximum Gasteiger partial charge on any atom is 0.459 e. The molecule has 16 heteroatoms. The van der Waals surface area contributed by atoms with Crippen molar-refractivity contribution in [1.82, 2.24) is 19.6 Å². The number of nitrogens with one attached hydrogen (secondary N) is 2. The molecule has 0 spiro atoms. The molecule has 0 bridgehead atoms. The molecule has 1 saturated heterocycles. The summed E-state index contributed by atoms with van der Waals surface area (Å²) in [5, 5.41) is 12.7. The van der Waals surface area contributed by atoms with E-state index in [9.17, 15) is 23.7 Å². The second-order valence-electron chi connectivity index (χ2n) is 9.45. The second-order valence-corrected chi connectivity index (χ2v) is 11.1. The van der Waals surface area contributed by atoms with Crippen LogP contribution in [0.4, 0.5) is 14.7 Å². The number of carbonyl (C=O) groups is 1. The lowest BCUT2D eigenvalue weighted by Gasteiger charge is -2.25. The van der Waals surface area contributed by atoms with Gasteiger partial charge in [-0.15, -0.1) is 6.42 Å². The summed E-state index contributed by atoms with van der Waals surface area (Å²) in [5.74, 6) is -0.300. The van der Waals surface area contributed by atoms with Gasteiger partial charge in [-0.05, 0) is 32.9 Å². The summed E-state index contributed by atoms with van der Waals surface area (Å²) in [7, 11) is -4.42. The number of esters is 1. The molecule has 0 aliphatic carbocycles. The highest BCUT2D eigenvalue weighted by Gasteiger charge is 2.58. The van der Waals surface area contributed by atoms with Crippen molar-refractivity contribution in [3.05, 3.63) is 52.7 Å². The van der Waals surface area contributed by atoms with E-state index < -0.39 is 79.0 Å². The number of rotatable bonds is 10. The number of benzene rings is 1. The molecular formula is C25H28F2N5O8P. The van der Waals surface area contributed by atoms with Crippen molar-refractivity contribution >= 4 is 30.7 Å². The Bertz CT molecular complexity index is 1580. The lowest BCUT2D eigenvalue weighted by Crippen LogP contribution is -2.42. The molecule has 0 radical (unpaired) electrons. The normalized spacial score (nSPS) is 24.6. The highest BCUT2D eigenvalue weighted by Crippen LogP contribution is 2.48. The van der Waals surface area contributed by atoms with Crippen molar-refractivity contribution in [1.29, 1.82) is 0 Å². The summed E-state index contributed by atoms with van der Waals surface area (Å²) in [6, 6.07) is 6.65. The van der Waals surface area contributed by atoms with Gasteiger partial charge in [0.15, 0.2) is 17.7 Å². The van der Waals surface area contributed by atoms with E-state index in [0.717, 1.165) is 10.8 Å². The number of anilines is 1. The van der Waals surface area contributed by atoms with E-state index in [4.69, 9.17) is 30.7 Å². The van der Waals surface area contributed by atoms with E-state index in [-0.39, 0.29) is 11.7 Å². The number of halogens is 2.